The van der Waals surface area contributed by atoms with Gasteiger partial charge in [0, 0.05) is 30.4 Å². The van der Waals surface area contributed by atoms with E-state index in [1.807, 2.05) is 12.1 Å². The number of pyridine rings is 1. The third-order valence-electron chi connectivity index (χ3n) is 3.77. The Morgan fingerprint density at radius 2 is 2.00 bits per heavy atom. The van der Waals surface area contributed by atoms with E-state index in [-0.39, 0.29) is 19.1 Å². The van der Waals surface area contributed by atoms with E-state index in [0.717, 1.165) is 24.2 Å². The average molecular weight is 361 g/mol. The van der Waals surface area contributed by atoms with Crippen molar-refractivity contribution in [2.75, 3.05) is 18.1 Å². The van der Waals surface area contributed by atoms with E-state index in [2.05, 4.69) is 4.98 Å². The van der Waals surface area contributed by atoms with Gasteiger partial charge in [-0.15, -0.1) is 0 Å². The van der Waals surface area contributed by atoms with E-state index in [0.29, 0.717) is 17.3 Å². The lowest BCUT2D eigenvalue weighted by Crippen LogP contribution is -2.23. The zero-order valence-electron chi connectivity index (χ0n) is 13.5. The summed E-state index contributed by atoms with van der Waals surface area (Å²) in [5.74, 6) is 0.197. The number of hydrogen-bond acceptors (Lipinski definition) is 5. The van der Waals surface area contributed by atoms with Crippen molar-refractivity contribution in [3.05, 3.63) is 53.3 Å². The van der Waals surface area contributed by atoms with E-state index in [1.165, 1.54) is 0 Å². The van der Waals surface area contributed by atoms with Crippen LogP contribution in [0.2, 0.25) is 5.15 Å². The van der Waals surface area contributed by atoms with E-state index >= 15 is 0 Å². The molecule has 1 saturated heterocycles. The molecule has 2 aromatic rings. The normalized spacial score (nSPS) is 13.8. The lowest BCUT2D eigenvalue weighted by molar-refractivity contribution is -0.147. The molecule has 7 heteroatoms. The Morgan fingerprint density at radius 1 is 1.20 bits per heavy atom. The molecule has 0 aliphatic carbocycles. The van der Waals surface area contributed by atoms with Gasteiger partial charge < -0.3 is 14.4 Å². The first-order valence-corrected chi connectivity index (χ1v) is 8.29. The van der Waals surface area contributed by atoms with Crippen LogP contribution in [0.5, 0.6) is 5.75 Å². The van der Waals surface area contributed by atoms with E-state index in [9.17, 15) is 9.59 Å². The van der Waals surface area contributed by atoms with Crippen molar-refractivity contribution >= 4 is 29.2 Å². The summed E-state index contributed by atoms with van der Waals surface area (Å²) in [6, 6.07) is 10.5. The van der Waals surface area contributed by atoms with Crippen molar-refractivity contribution in [3.8, 4) is 5.75 Å². The van der Waals surface area contributed by atoms with Crippen molar-refractivity contribution in [1.29, 1.82) is 0 Å². The lowest BCUT2D eigenvalue weighted by Gasteiger charge is -2.16. The summed E-state index contributed by atoms with van der Waals surface area (Å²) in [4.78, 5) is 29.1. The number of halogens is 1. The fourth-order valence-electron chi connectivity index (χ4n) is 2.48. The number of benzene rings is 1. The number of aromatic nitrogens is 1. The summed E-state index contributed by atoms with van der Waals surface area (Å²) in [6.07, 6.45) is 3.02. The molecule has 0 bridgehead atoms. The molecule has 0 spiro atoms. The number of amides is 1. The predicted molar refractivity (Wildman–Crippen MR) is 92.6 cm³/mol. The van der Waals surface area contributed by atoms with Gasteiger partial charge >= 0.3 is 5.97 Å². The number of carbonyl (C=O) groups is 2. The largest absolute Gasteiger partial charge is 0.482 e. The van der Waals surface area contributed by atoms with Gasteiger partial charge in [0.15, 0.2) is 6.61 Å². The third-order valence-corrected chi connectivity index (χ3v) is 3.99. The number of nitrogens with zero attached hydrogens (tertiary/aromatic N) is 2. The van der Waals surface area contributed by atoms with Crippen molar-refractivity contribution in [2.45, 2.75) is 19.4 Å². The lowest BCUT2D eigenvalue weighted by atomic mass is 10.3. The first kappa shape index (κ1) is 17.2. The van der Waals surface area contributed by atoms with Gasteiger partial charge in [-0.1, -0.05) is 17.7 Å². The summed E-state index contributed by atoms with van der Waals surface area (Å²) < 4.78 is 10.5. The van der Waals surface area contributed by atoms with Crippen LogP contribution in [0.15, 0.2) is 42.6 Å². The molecule has 0 saturated carbocycles. The van der Waals surface area contributed by atoms with Gasteiger partial charge in [0.1, 0.15) is 17.5 Å². The monoisotopic (exact) mass is 360 g/mol. The average Bonchev–Trinajstić information content (AvgIpc) is 3.06. The zero-order chi connectivity index (χ0) is 17.6. The molecule has 1 aromatic carbocycles. The number of hydrogen-bond donors (Lipinski definition) is 0. The van der Waals surface area contributed by atoms with Gasteiger partial charge in [-0.2, -0.15) is 0 Å². The fraction of sp³-hybridized carbons (Fsp3) is 0.278. The van der Waals surface area contributed by atoms with E-state index < -0.39 is 5.97 Å². The SMILES string of the molecule is O=C(COc1ccc(N2CCCC2=O)cc1)OCc1ccc(Cl)nc1. The molecule has 0 radical (unpaired) electrons. The predicted octanol–water partition coefficient (Wildman–Crippen LogP) is 2.98. The topological polar surface area (TPSA) is 68.7 Å². The van der Waals surface area contributed by atoms with Gasteiger partial charge in [-0.25, -0.2) is 9.78 Å². The molecular formula is C18H17ClN2O4. The Labute approximate surface area is 150 Å². The van der Waals surface area contributed by atoms with Gasteiger partial charge in [0.25, 0.3) is 0 Å². The maximum Gasteiger partial charge on any atom is 0.344 e. The number of rotatable bonds is 6. The van der Waals surface area contributed by atoms with Crippen molar-refractivity contribution in [3.63, 3.8) is 0 Å². The minimum atomic E-state index is -0.478. The molecule has 0 unspecified atom stereocenters. The summed E-state index contributed by atoms with van der Waals surface area (Å²) >= 11 is 5.69. The fourth-order valence-corrected chi connectivity index (χ4v) is 2.59. The Bertz CT molecular complexity index is 747. The second-order valence-corrected chi connectivity index (χ2v) is 5.97. The minimum Gasteiger partial charge on any atom is -0.482 e. The second-order valence-electron chi connectivity index (χ2n) is 5.58. The maximum atomic E-state index is 11.7. The Kier molecular flexibility index (Phi) is 5.50. The minimum absolute atomic E-state index is 0.113. The molecule has 2 heterocycles. The first-order chi connectivity index (χ1) is 12.1. The second kappa shape index (κ2) is 7.98. The first-order valence-electron chi connectivity index (χ1n) is 7.91. The molecule has 1 aromatic heterocycles. The third kappa shape index (κ3) is 4.70. The molecule has 1 aliphatic heterocycles. The number of carbonyl (C=O) groups excluding carboxylic acids is 2. The number of anilines is 1. The van der Waals surface area contributed by atoms with Crippen LogP contribution in [0.25, 0.3) is 0 Å². The maximum absolute atomic E-state index is 11.7. The van der Waals surface area contributed by atoms with Gasteiger partial charge in [0.2, 0.25) is 5.91 Å². The van der Waals surface area contributed by atoms with Crippen LogP contribution < -0.4 is 9.64 Å². The van der Waals surface area contributed by atoms with Crippen LogP contribution in [-0.4, -0.2) is 30.0 Å². The molecule has 6 nitrogen and oxygen atoms in total. The summed E-state index contributed by atoms with van der Waals surface area (Å²) in [7, 11) is 0. The van der Waals surface area contributed by atoms with Crippen LogP contribution in [0, 0.1) is 0 Å². The Balaban J connectivity index is 1.45. The Hall–Kier alpha value is -2.60. The Morgan fingerprint density at radius 3 is 2.64 bits per heavy atom. The van der Waals surface area contributed by atoms with Crippen LogP contribution >= 0.6 is 11.6 Å². The highest BCUT2D eigenvalue weighted by atomic mass is 35.5. The van der Waals surface area contributed by atoms with E-state index in [4.69, 9.17) is 21.1 Å². The highest BCUT2D eigenvalue weighted by molar-refractivity contribution is 6.29. The molecule has 1 aliphatic rings. The highest BCUT2D eigenvalue weighted by Gasteiger charge is 2.21. The smallest absolute Gasteiger partial charge is 0.344 e. The van der Waals surface area contributed by atoms with Crippen LogP contribution in [-0.2, 0) is 20.9 Å². The zero-order valence-corrected chi connectivity index (χ0v) is 14.2. The van der Waals surface area contributed by atoms with Crippen LogP contribution in [0.1, 0.15) is 18.4 Å². The van der Waals surface area contributed by atoms with Gasteiger partial charge in [-0.3, -0.25) is 4.79 Å². The van der Waals surface area contributed by atoms with Crippen molar-refractivity contribution in [2.24, 2.45) is 0 Å². The summed E-state index contributed by atoms with van der Waals surface area (Å²) in [5.41, 5.74) is 1.59. The van der Waals surface area contributed by atoms with Gasteiger partial charge in [-0.05, 0) is 36.8 Å². The molecule has 0 N–H and O–H groups in total. The van der Waals surface area contributed by atoms with Crippen LogP contribution in [0.4, 0.5) is 5.69 Å². The molecule has 25 heavy (non-hydrogen) atoms. The molecule has 1 fully saturated rings. The molecule has 1 amide bonds. The highest BCUT2D eigenvalue weighted by Crippen LogP contribution is 2.23. The standard InChI is InChI=1S/C18H17ClN2O4/c19-16-8-3-13(10-20-16)11-25-18(23)12-24-15-6-4-14(5-7-15)21-9-1-2-17(21)22/h3-8,10H,1-2,9,11-12H2. The van der Waals surface area contributed by atoms with Crippen molar-refractivity contribution in [1.82, 2.24) is 4.98 Å². The molecule has 3 rings (SSSR count). The summed E-state index contributed by atoms with van der Waals surface area (Å²) in [6.45, 7) is 0.663. The van der Waals surface area contributed by atoms with Crippen molar-refractivity contribution < 1.29 is 19.1 Å². The molecule has 130 valence electrons. The van der Waals surface area contributed by atoms with Crippen LogP contribution in [0.3, 0.4) is 0 Å². The quantitative estimate of drug-likeness (QED) is 0.585. The summed E-state index contributed by atoms with van der Waals surface area (Å²) in [5, 5.41) is 0.387. The molecular weight excluding hydrogens is 344 g/mol. The molecule has 0 atom stereocenters. The van der Waals surface area contributed by atoms with Gasteiger partial charge in [0.05, 0.1) is 0 Å². The number of esters is 1. The number of ether oxygens (including phenoxy) is 2. The van der Waals surface area contributed by atoms with E-state index in [1.54, 1.807) is 35.4 Å².